The number of hydrazine groups is 1. The summed E-state index contributed by atoms with van der Waals surface area (Å²) in [5.41, 5.74) is 4.89. The number of hydrogen-bond acceptors (Lipinski definition) is 4. The SMILES string of the molecule is O=C(COc1ccccc1Cl)NNC(=S)NC(=O)c1cc(Cl)cc(Cl)c1. The van der Waals surface area contributed by atoms with Gasteiger partial charge in [0.05, 0.1) is 5.02 Å². The number of amides is 2. The molecular formula is C16H12Cl3N3O3S. The van der Waals surface area contributed by atoms with E-state index in [0.717, 1.165) is 0 Å². The molecule has 0 saturated heterocycles. The Bertz CT molecular complexity index is 828. The molecule has 0 aromatic heterocycles. The lowest BCUT2D eigenvalue weighted by molar-refractivity contribution is -0.123. The van der Waals surface area contributed by atoms with Crippen molar-refractivity contribution in [1.82, 2.24) is 16.2 Å². The molecule has 0 aliphatic rings. The van der Waals surface area contributed by atoms with Gasteiger partial charge in [0.2, 0.25) is 0 Å². The quantitative estimate of drug-likeness (QED) is 0.510. The van der Waals surface area contributed by atoms with Gasteiger partial charge in [-0.2, -0.15) is 0 Å². The summed E-state index contributed by atoms with van der Waals surface area (Å²) in [5, 5.41) is 3.27. The first-order valence-electron chi connectivity index (χ1n) is 7.09. The van der Waals surface area contributed by atoms with Gasteiger partial charge in [-0.3, -0.25) is 25.8 Å². The maximum absolute atomic E-state index is 12.0. The minimum absolute atomic E-state index is 0.114. The van der Waals surface area contributed by atoms with E-state index in [1.54, 1.807) is 24.3 Å². The number of nitrogens with one attached hydrogen (secondary N) is 3. The zero-order chi connectivity index (χ0) is 19.1. The van der Waals surface area contributed by atoms with Crippen molar-refractivity contribution in [2.24, 2.45) is 0 Å². The molecule has 0 saturated carbocycles. The number of rotatable bonds is 4. The van der Waals surface area contributed by atoms with Crippen LogP contribution in [0.25, 0.3) is 0 Å². The van der Waals surface area contributed by atoms with Crippen molar-refractivity contribution in [3.05, 3.63) is 63.1 Å². The second-order valence-electron chi connectivity index (χ2n) is 4.83. The maximum atomic E-state index is 12.0. The molecule has 0 bridgehead atoms. The zero-order valence-corrected chi connectivity index (χ0v) is 16.1. The molecule has 2 rings (SSSR count). The molecule has 0 aliphatic heterocycles. The van der Waals surface area contributed by atoms with E-state index in [-0.39, 0.29) is 17.3 Å². The number of para-hydroxylation sites is 1. The smallest absolute Gasteiger partial charge is 0.276 e. The van der Waals surface area contributed by atoms with Crippen LogP contribution in [0, 0.1) is 0 Å². The van der Waals surface area contributed by atoms with Crippen molar-refractivity contribution >= 4 is 63.9 Å². The monoisotopic (exact) mass is 431 g/mol. The molecule has 2 aromatic carbocycles. The van der Waals surface area contributed by atoms with Gasteiger partial charge in [0.25, 0.3) is 11.8 Å². The maximum Gasteiger partial charge on any atom is 0.276 e. The van der Waals surface area contributed by atoms with Crippen LogP contribution in [0.1, 0.15) is 10.4 Å². The van der Waals surface area contributed by atoms with E-state index in [1.807, 2.05) is 0 Å². The largest absolute Gasteiger partial charge is 0.482 e. The number of carbonyl (C=O) groups is 2. The Morgan fingerprint density at radius 1 is 1.00 bits per heavy atom. The first kappa shape index (κ1) is 20.3. The lowest BCUT2D eigenvalue weighted by Crippen LogP contribution is -2.49. The highest BCUT2D eigenvalue weighted by Crippen LogP contribution is 2.22. The first-order chi connectivity index (χ1) is 12.3. The van der Waals surface area contributed by atoms with Crippen LogP contribution in [0.15, 0.2) is 42.5 Å². The number of halogens is 3. The average Bonchev–Trinajstić information content (AvgIpc) is 2.58. The first-order valence-corrected chi connectivity index (χ1v) is 8.63. The Kier molecular flexibility index (Phi) is 7.47. The second-order valence-corrected chi connectivity index (χ2v) is 6.52. The number of thiocarbonyl (C=S) groups is 1. The molecule has 6 nitrogen and oxygen atoms in total. The molecule has 10 heteroatoms. The molecule has 0 radical (unpaired) electrons. The Balaban J connectivity index is 1.78. The standard InChI is InChI=1S/C16H12Cl3N3O3S/c17-10-5-9(6-11(18)7-10)15(24)20-16(26)22-21-14(23)8-25-13-4-2-1-3-12(13)19/h1-7H,8H2,(H,21,23)(H2,20,22,24,26). The van der Waals surface area contributed by atoms with E-state index in [2.05, 4.69) is 16.2 Å². The molecule has 26 heavy (non-hydrogen) atoms. The van der Waals surface area contributed by atoms with E-state index in [1.165, 1.54) is 18.2 Å². The molecule has 3 N–H and O–H groups in total. The number of carbonyl (C=O) groups excluding carboxylic acids is 2. The van der Waals surface area contributed by atoms with Gasteiger partial charge >= 0.3 is 0 Å². The molecule has 136 valence electrons. The predicted molar refractivity (Wildman–Crippen MR) is 105 cm³/mol. The summed E-state index contributed by atoms with van der Waals surface area (Å²) in [6.07, 6.45) is 0. The van der Waals surface area contributed by atoms with Crippen LogP contribution in [0.2, 0.25) is 15.1 Å². The molecule has 0 fully saturated rings. The summed E-state index contributed by atoms with van der Waals surface area (Å²) >= 11 is 22.5. The van der Waals surface area contributed by atoms with Crippen molar-refractivity contribution in [3.8, 4) is 5.75 Å². The fourth-order valence-electron chi connectivity index (χ4n) is 1.76. The van der Waals surface area contributed by atoms with Crippen molar-refractivity contribution < 1.29 is 14.3 Å². The molecule has 0 heterocycles. The topological polar surface area (TPSA) is 79.5 Å². The zero-order valence-electron chi connectivity index (χ0n) is 13.0. The fraction of sp³-hybridized carbons (Fsp3) is 0.0625. The van der Waals surface area contributed by atoms with Gasteiger partial charge in [-0.25, -0.2) is 0 Å². The lowest BCUT2D eigenvalue weighted by atomic mass is 10.2. The normalized spacial score (nSPS) is 9.96. The van der Waals surface area contributed by atoms with Crippen molar-refractivity contribution in [2.45, 2.75) is 0 Å². The van der Waals surface area contributed by atoms with Crippen molar-refractivity contribution in [3.63, 3.8) is 0 Å². The predicted octanol–water partition coefficient (Wildman–Crippen LogP) is 3.36. The van der Waals surface area contributed by atoms with Gasteiger partial charge in [0.15, 0.2) is 11.7 Å². The van der Waals surface area contributed by atoms with Crippen LogP contribution >= 0.6 is 47.0 Å². The van der Waals surface area contributed by atoms with Gasteiger partial charge in [-0.1, -0.05) is 46.9 Å². The van der Waals surface area contributed by atoms with Gasteiger partial charge in [0, 0.05) is 15.6 Å². The van der Waals surface area contributed by atoms with Gasteiger partial charge < -0.3 is 4.74 Å². The van der Waals surface area contributed by atoms with Gasteiger partial charge in [0.1, 0.15) is 5.75 Å². The summed E-state index contributed by atoms with van der Waals surface area (Å²) in [6.45, 7) is -0.294. The Hall–Kier alpha value is -2.06. The van der Waals surface area contributed by atoms with Crippen molar-refractivity contribution in [1.29, 1.82) is 0 Å². The third-order valence-corrected chi connectivity index (χ3v) is 3.82. The highest BCUT2D eigenvalue weighted by atomic mass is 35.5. The minimum atomic E-state index is -0.534. The van der Waals surface area contributed by atoms with E-state index in [0.29, 0.717) is 20.8 Å². The summed E-state index contributed by atoms with van der Waals surface area (Å²) in [4.78, 5) is 23.8. The molecular weight excluding hydrogens is 421 g/mol. The van der Waals surface area contributed by atoms with Crippen LogP contribution in [0.5, 0.6) is 5.75 Å². The van der Waals surface area contributed by atoms with E-state index in [4.69, 9.17) is 51.8 Å². The van der Waals surface area contributed by atoms with Crippen molar-refractivity contribution in [2.75, 3.05) is 6.61 Å². The summed E-state index contributed by atoms with van der Waals surface area (Å²) in [7, 11) is 0. The van der Waals surface area contributed by atoms with E-state index < -0.39 is 11.8 Å². The highest BCUT2D eigenvalue weighted by molar-refractivity contribution is 7.80. The van der Waals surface area contributed by atoms with Crippen LogP contribution < -0.4 is 20.9 Å². The molecule has 0 spiro atoms. The second kappa shape index (κ2) is 9.59. The molecule has 2 amide bonds. The van der Waals surface area contributed by atoms with Crippen LogP contribution in [-0.4, -0.2) is 23.5 Å². The summed E-state index contributed by atoms with van der Waals surface area (Å²) in [6, 6.07) is 11.1. The van der Waals surface area contributed by atoms with Crippen LogP contribution in [0.4, 0.5) is 0 Å². The summed E-state index contributed by atoms with van der Waals surface area (Å²) in [5.74, 6) is -0.682. The molecule has 0 unspecified atom stereocenters. The fourth-order valence-corrected chi connectivity index (χ4v) is 2.62. The number of hydrogen-bond donors (Lipinski definition) is 3. The highest BCUT2D eigenvalue weighted by Gasteiger charge is 2.11. The molecule has 0 atom stereocenters. The number of benzene rings is 2. The summed E-state index contributed by atoms with van der Waals surface area (Å²) < 4.78 is 5.26. The van der Waals surface area contributed by atoms with Gasteiger partial charge in [-0.15, -0.1) is 0 Å². The third-order valence-electron chi connectivity index (χ3n) is 2.86. The third kappa shape index (κ3) is 6.34. The molecule has 2 aromatic rings. The molecule has 0 aliphatic carbocycles. The lowest BCUT2D eigenvalue weighted by Gasteiger charge is -2.12. The van der Waals surface area contributed by atoms with E-state index in [9.17, 15) is 9.59 Å². The average molecular weight is 433 g/mol. The van der Waals surface area contributed by atoms with E-state index >= 15 is 0 Å². The Morgan fingerprint density at radius 3 is 2.31 bits per heavy atom. The van der Waals surface area contributed by atoms with Crippen LogP contribution in [0.3, 0.4) is 0 Å². The minimum Gasteiger partial charge on any atom is -0.482 e. The Labute approximate surface area is 169 Å². The van der Waals surface area contributed by atoms with Gasteiger partial charge in [-0.05, 0) is 42.5 Å². The number of ether oxygens (including phenoxy) is 1. The Morgan fingerprint density at radius 2 is 1.65 bits per heavy atom. The van der Waals surface area contributed by atoms with Crippen LogP contribution in [-0.2, 0) is 4.79 Å².